The Bertz CT molecular complexity index is 588. The van der Waals surface area contributed by atoms with Crippen molar-refractivity contribution in [3.8, 4) is 0 Å². The van der Waals surface area contributed by atoms with Gasteiger partial charge in [-0.1, -0.05) is 12.2 Å². The van der Waals surface area contributed by atoms with Gasteiger partial charge < -0.3 is 5.73 Å². The molecule has 1 heterocycles. The zero-order chi connectivity index (χ0) is 14.0. The first-order chi connectivity index (χ1) is 8.87. The van der Waals surface area contributed by atoms with Crippen LogP contribution >= 0.6 is 12.2 Å². The van der Waals surface area contributed by atoms with E-state index < -0.39 is 9.84 Å². The molecule has 19 heavy (non-hydrogen) atoms. The van der Waals surface area contributed by atoms with Crippen molar-refractivity contribution in [1.29, 1.82) is 0 Å². The molecule has 1 aromatic rings. The van der Waals surface area contributed by atoms with Crippen molar-refractivity contribution in [2.75, 3.05) is 24.6 Å². The number of hydrogen-bond acceptors (Lipinski definition) is 4. The van der Waals surface area contributed by atoms with Gasteiger partial charge in [0.1, 0.15) is 10.8 Å². The van der Waals surface area contributed by atoms with Crippen molar-refractivity contribution >= 4 is 27.0 Å². The van der Waals surface area contributed by atoms with Crippen LogP contribution in [-0.4, -0.2) is 42.9 Å². The predicted molar refractivity (Wildman–Crippen MR) is 76.2 cm³/mol. The quantitative estimate of drug-likeness (QED) is 0.832. The third-order valence-electron chi connectivity index (χ3n) is 3.16. The van der Waals surface area contributed by atoms with Crippen molar-refractivity contribution < 1.29 is 12.8 Å². The molecular weight excluding hydrogens is 287 g/mol. The number of benzene rings is 1. The maximum Gasteiger partial charge on any atom is 0.152 e. The van der Waals surface area contributed by atoms with Crippen LogP contribution in [0.2, 0.25) is 0 Å². The first kappa shape index (κ1) is 14.4. The Kier molecular flexibility index (Phi) is 4.17. The maximum atomic E-state index is 13.7. The molecule has 1 aliphatic heterocycles. The normalized spacial score (nSPS) is 19.2. The molecule has 0 aromatic heterocycles. The second-order valence-corrected chi connectivity index (χ2v) is 7.34. The topological polar surface area (TPSA) is 63.4 Å². The Labute approximate surface area is 117 Å². The number of halogens is 1. The highest BCUT2D eigenvalue weighted by atomic mass is 32.2. The lowest BCUT2D eigenvalue weighted by Gasteiger charge is -2.26. The zero-order valence-electron chi connectivity index (χ0n) is 10.3. The second kappa shape index (κ2) is 5.52. The van der Waals surface area contributed by atoms with E-state index in [0.717, 1.165) is 0 Å². The molecule has 0 atom stereocenters. The van der Waals surface area contributed by atoms with Crippen molar-refractivity contribution in [1.82, 2.24) is 4.90 Å². The Morgan fingerprint density at radius 1 is 1.37 bits per heavy atom. The molecule has 1 aromatic carbocycles. The van der Waals surface area contributed by atoms with Crippen LogP contribution in [0, 0.1) is 5.82 Å². The summed E-state index contributed by atoms with van der Waals surface area (Å²) in [6.07, 6.45) is 0. The lowest BCUT2D eigenvalue weighted by atomic mass is 10.1. The van der Waals surface area contributed by atoms with Gasteiger partial charge in [-0.25, -0.2) is 12.8 Å². The lowest BCUT2D eigenvalue weighted by Crippen LogP contribution is -2.39. The summed E-state index contributed by atoms with van der Waals surface area (Å²) < 4.78 is 36.4. The molecule has 1 saturated heterocycles. The van der Waals surface area contributed by atoms with E-state index in [-0.39, 0.29) is 22.3 Å². The van der Waals surface area contributed by atoms with Crippen LogP contribution in [0.1, 0.15) is 11.1 Å². The molecule has 0 unspecified atom stereocenters. The predicted octanol–water partition coefficient (Wildman–Crippen LogP) is 0.690. The summed E-state index contributed by atoms with van der Waals surface area (Å²) in [5.41, 5.74) is 6.63. The molecular formula is C12H15FN2O2S2. The maximum absolute atomic E-state index is 13.7. The average molecular weight is 302 g/mol. The number of hydrogen-bond donors (Lipinski definition) is 1. The minimum Gasteiger partial charge on any atom is -0.389 e. The van der Waals surface area contributed by atoms with Crippen molar-refractivity contribution in [2.45, 2.75) is 6.54 Å². The fraction of sp³-hybridized carbons (Fsp3) is 0.417. The highest BCUT2D eigenvalue weighted by Gasteiger charge is 2.22. The van der Waals surface area contributed by atoms with E-state index in [4.69, 9.17) is 18.0 Å². The van der Waals surface area contributed by atoms with Crippen LogP contribution in [0.3, 0.4) is 0 Å². The molecule has 0 amide bonds. The fourth-order valence-electron chi connectivity index (χ4n) is 2.00. The van der Waals surface area contributed by atoms with E-state index in [1.807, 2.05) is 4.90 Å². The third kappa shape index (κ3) is 3.71. The summed E-state index contributed by atoms with van der Waals surface area (Å²) in [5, 5.41) is 0. The molecule has 0 radical (unpaired) electrons. The molecule has 104 valence electrons. The molecule has 2 rings (SSSR count). The fourth-order valence-corrected chi connectivity index (χ4v) is 3.40. The van der Waals surface area contributed by atoms with Crippen LogP contribution in [0.5, 0.6) is 0 Å². The Hall–Kier alpha value is -1.05. The number of sulfone groups is 1. The highest BCUT2D eigenvalue weighted by Crippen LogP contribution is 2.15. The van der Waals surface area contributed by atoms with Gasteiger partial charge in [-0.05, 0) is 18.2 Å². The SMILES string of the molecule is NC(=S)c1ccc(F)c(CN2CCS(=O)(=O)CC2)c1. The highest BCUT2D eigenvalue weighted by molar-refractivity contribution is 7.91. The van der Waals surface area contributed by atoms with Gasteiger partial charge in [-0.15, -0.1) is 0 Å². The van der Waals surface area contributed by atoms with Crippen LogP contribution < -0.4 is 5.73 Å². The van der Waals surface area contributed by atoms with Crippen LogP contribution in [-0.2, 0) is 16.4 Å². The molecule has 0 spiro atoms. The van der Waals surface area contributed by atoms with Crippen LogP contribution in [0.15, 0.2) is 18.2 Å². The third-order valence-corrected chi connectivity index (χ3v) is 5.01. The van der Waals surface area contributed by atoms with Gasteiger partial charge >= 0.3 is 0 Å². The van der Waals surface area contributed by atoms with Crippen molar-refractivity contribution in [2.24, 2.45) is 5.73 Å². The molecule has 0 bridgehead atoms. The van der Waals surface area contributed by atoms with Gasteiger partial charge in [0, 0.05) is 30.8 Å². The molecule has 2 N–H and O–H groups in total. The largest absolute Gasteiger partial charge is 0.389 e. The smallest absolute Gasteiger partial charge is 0.152 e. The minimum absolute atomic E-state index is 0.129. The summed E-state index contributed by atoms with van der Waals surface area (Å²) >= 11 is 4.86. The number of thiocarbonyl (C=S) groups is 1. The van der Waals surface area contributed by atoms with E-state index in [0.29, 0.717) is 30.8 Å². The summed E-state index contributed by atoms with van der Waals surface area (Å²) in [6.45, 7) is 1.23. The van der Waals surface area contributed by atoms with Gasteiger partial charge in [0.15, 0.2) is 9.84 Å². The van der Waals surface area contributed by atoms with Gasteiger partial charge in [-0.3, -0.25) is 4.90 Å². The van der Waals surface area contributed by atoms with E-state index in [9.17, 15) is 12.8 Å². The Balaban J connectivity index is 2.11. The number of nitrogens with two attached hydrogens (primary N) is 1. The van der Waals surface area contributed by atoms with E-state index >= 15 is 0 Å². The van der Waals surface area contributed by atoms with Gasteiger partial charge in [0.25, 0.3) is 0 Å². The Morgan fingerprint density at radius 2 is 2.00 bits per heavy atom. The van der Waals surface area contributed by atoms with Crippen LogP contribution in [0.25, 0.3) is 0 Å². The van der Waals surface area contributed by atoms with Crippen molar-refractivity contribution in [3.05, 3.63) is 35.1 Å². The minimum atomic E-state index is -2.92. The molecule has 1 aliphatic rings. The summed E-state index contributed by atoms with van der Waals surface area (Å²) in [5.74, 6) is -0.0684. The number of nitrogens with zero attached hydrogens (tertiary/aromatic N) is 1. The van der Waals surface area contributed by atoms with E-state index in [1.165, 1.54) is 6.07 Å². The first-order valence-electron chi connectivity index (χ1n) is 5.88. The first-order valence-corrected chi connectivity index (χ1v) is 8.11. The molecule has 0 aliphatic carbocycles. The molecule has 1 fully saturated rings. The van der Waals surface area contributed by atoms with Gasteiger partial charge in [0.05, 0.1) is 11.5 Å². The lowest BCUT2D eigenvalue weighted by molar-refractivity contribution is 0.283. The molecule has 4 nitrogen and oxygen atoms in total. The van der Waals surface area contributed by atoms with E-state index in [2.05, 4.69) is 0 Å². The van der Waals surface area contributed by atoms with E-state index in [1.54, 1.807) is 12.1 Å². The van der Waals surface area contributed by atoms with Crippen molar-refractivity contribution in [3.63, 3.8) is 0 Å². The monoisotopic (exact) mass is 302 g/mol. The standard InChI is InChI=1S/C12H15FN2O2S2/c13-11-2-1-9(12(14)18)7-10(11)8-15-3-5-19(16,17)6-4-15/h1-2,7H,3-6,8H2,(H2,14,18). The van der Waals surface area contributed by atoms with Crippen LogP contribution in [0.4, 0.5) is 4.39 Å². The number of rotatable bonds is 3. The second-order valence-electron chi connectivity index (χ2n) is 4.60. The van der Waals surface area contributed by atoms with Gasteiger partial charge in [-0.2, -0.15) is 0 Å². The summed E-state index contributed by atoms with van der Waals surface area (Å²) in [7, 11) is -2.92. The Morgan fingerprint density at radius 3 is 2.58 bits per heavy atom. The molecule has 0 saturated carbocycles. The zero-order valence-corrected chi connectivity index (χ0v) is 11.9. The summed E-state index contributed by atoms with van der Waals surface area (Å²) in [4.78, 5) is 2.14. The molecule has 7 heteroatoms. The average Bonchev–Trinajstić information content (AvgIpc) is 2.34. The van der Waals surface area contributed by atoms with Gasteiger partial charge in [0.2, 0.25) is 0 Å². The summed E-state index contributed by atoms with van der Waals surface area (Å²) in [6, 6.07) is 4.51.